The third-order valence-electron chi connectivity index (χ3n) is 4.00. The summed E-state index contributed by atoms with van der Waals surface area (Å²) >= 11 is 0. The Kier molecular flexibility index (Phi) is 7.82. The number of unbranched alkanes of at least 4 members (excludes halogenated alkanes) is 1. The highest BCUT2D eigenvalue weighted by Crippen LogP contribution is 2.23. The molecule has 0 aliphatic carbocycles. The number of ether oxygens (including phenoxy) is 2. The Balaban J connectivity index is 1.94. The van der Waals surface area contributed by atoms with Crippen LogP contribution in [0.15, 0.2) is 48.5 Å². The summed E-state index contributed by atoms with van der Waals surface area (Å²) in [5, 5.41) is 5.60. The number of carbonyl (C=O) groups excluding carboxylic acids is 2. The van der Waals surface area contributed by atoms with E-state index < -0.39 is 6.10 Å². The average Bonchev–Trinajstić information content (AvgIpc) is 2.69. The molecule has 6 nitrogen and oxygen atoms in total. The molecule has 27 heavy (non-hydrogen) atoms. The second kappa shape index (κ2) is 10.3. The minimum atomic E-state index is -0.523. The molecule has 6 heteroatoms. The van der Waals surface area contributed by atoms with Crippen LogP contribution in [-0.4, -0.2) is 31.6 Å². The van der Waals surface area contributed by atoms with Crippen molar-refractivity contribution in [2.75, 3.05) is 24.4 Å². The Labute approximate surface area is 159 Å². The molecule has 0 aromatic heterocycles. The molecule has 0 fully saturated rings. The van der Waals surface area contributed by atoms with Gasteiger partial charge in [-0.1, -0.05) is 25.5 Å². The van der Waals surface area contributed by atoms with Gasteiger partial charge in [-0.15, -0.1) is 0 Å². The van der Waals surface area contributed by atoms with Crippen molar-refractivity contribution in [3.05, 3.63) is 54.1 Å². The van der Waals surface area contributed by atoms with Crippen molar-refractivity contribution in [3.63, 3.8) is 0 Å². The van der Waals surface area contributed by atoms with Gasteiger partial charge in [0.2, 0.25) is 0 Å². The number of rotatable bonds is 9. The van der Waals surface area contributed by atoms with Crippen molar-refractivity contribution in [3.8, 4) is 5.75 Å². The zero-order valence-corrected chi connectivity index (χ0v) is 16.0. The second-order valence-electron chi connectivity index (χ2n) is 6.09. The van der Waals surface area contributed by atoms with Crippen molar-refractivity contribution in [1.29, 1.82) is 0 Å². The van der Waals surface area contributed by atoms with Crippen molar-refractivity contribution < 1.29 is 19.1 Å². The molecule has 0 radical (unpaired) electrons. The number of carbonyl (C=O) groups is 2. The van der Waals surface area contributed by atoms with Gasteiger partial charge < -0.3 is 20.1 Å². The maximum atomic E-state index is 12.4. The van der Waals surface area contributed by atoms with Gasteiger partial charge in [0.15, 0.2) is 0 Å². The van der Waals surface area contributed by atoms with Crippen LogP contribution in [0, 0.1) is 0 Å². The number of para-hydroxylation sites is 2. The lowest BCUT2D eigenvalue weighted by molar-refractivity contribution is -0.126. The number of hydrogen-bond acceptors (Lipinski definition) is 4. The first kappa shape index (κ1) is 20.5. The molecule has 2 rings (SSSR count). The van der Waals surface area contributed by atoms with E-state index in [1.165, 1.54) is 0 Å². The molecular formula is C21H26N2O4. The van der Waals surface area contributed by atoms with E-state index in [9.17, 15) is 9.59 Å². The topological polar surface area (TPSA) is 76.7 Å². The monoisotopic (exact) mass is 370 g/mol. The standard InChI is InChI=1S/C21H26N2O4/c1-4-5-14-27-15(2)20(24)22-17-12-10-16(11-13-17)21(25)23-18-8-6-7-9-19(18)26-3/h6-13,15H,4-5,14H2,1-3H3,(H,22,24)(H,23,25). The van der Waals surface area contributed by atoms with Crippen LogP contribution in [0.25, 0.3) is 0 Å². The van der Waals surface area contributed by atoms with Gasteiger partial charge in [-0.25, -0.2) is 0 Å². The van der Waals surface area contributed by atoms with Gasteiger partial charge in [-0.3, -0.25) is 9.59 Å². The molecule has 0 saturated carbocycles. The Hall–Kier alpha value is -2.86. The number of methoxy groups -OCH3 is 1. The van der Waals surface area contributed by atoms with Crippen molar-refractivity contribution in [2.24, 2.45) is 0 Å². The van der Waals surface area contributed by atoms with Crippen molar-refractivity contribution in [1.82, 2.24) is 0 Å². The first-order valence-electron chi connectivity index (χ1n) is 9.02. The number of amides is 2. The van der Waals surface area contributed by atoms with E-state index in [1.54, 1.807) is 50.4 Å². The molecule has 1 atom stereocenters. The third-order valence-corrected chi connectivity index (χ3v) is 4.00. The van der Waals surface area contributed by atoms with Gasteiger partial charge >= 0.3 is 0 Å². The van der Waals surface area contributed by atoms with E-state index in [1.807, 2.05) is 12.1 Å². The first-order chi connectivity index (χ1) is 13.0. The Morgan fingerprint density at radius 3 is 2.41 bits per heavy atom. The summed E-state index contributed by atoms with van der Waals surface area (Å²) in [5.41, 5.74) is 1.69. The van der Waals surface area contributed by atoms with Gasteiger partial charge in [0.1, 0.15) is 11.9 Å². The Morgan fingerprint density at radius 2 is 1.74 bits per heavy atom. The summed E-state index contributed by atoms with van der Waals surface area (Å²) < 4.78 is 10.7. The van der Waals surface area contributed by atoms with Gasteiger partial charge in [-0.05, 0) is 49.7 Å². The van der Waals surface area contributed by atoms with Gasteiger partial charge in [0.25, 0.3) is 11.8 Å². The highest BCUT2D eigenvalue weighted by atomic mass is 16.5. The van der Waals surface area contributed by atoms with Crippen LogP contribution in [0.3, 0.4) is 0 Å². The smallest absolute Gasteiger partial charge is 0.255 e. The van der Waals surface area contributed by atoms with E-state index in [2.05, 4.69) is 17.6 Å². The summed E-state index contributed by atoms with van der Waals surface area (Å²) in [5.74, 6) is 0.123. The van der Waals surface area contributed by atoms with Crippen LogP contribution in [0.1, 0.15) is 37.0 Å². The minimum Gasteiger partial charge on any atom is -0.495 e. The summed E-state index contributed by atoms with van der Waals surface area (Å²) in [7, 11) is 1.55. The van der Waals surface area contributed by atoms with E-state index in [0.29, 0.717) is 29.3 Å². The van der Waals surface area contributed by atoms with Crippen LogP contribution in [0.4, 0.5) is 11.4 Å². The molecule has 1 unspecified atom stereocenters. The predicted molar refractivity (Wildman–Crippen MR) is 106 cm³/mol. The van der Waals surface area contributed by atoms with Crippen LogP contribution in [0.2, 0.25) is 0 Å². The van der Waals surface area contributed by atoms with E-state index in [4.69, 9.17) is 9.47 Å². The van der Waals surface area contributed by atoms with Gasteiger partial charge in [-0.2, -0.15) is 0 Å². The molecule has 2 amide bonds. The fourth-order valence-electron chi connectivity index (χ4n) is 2.37. The predicted octanol–water partition coefficient (Wildman–Crippen LogP) is 4.09. The van der Waals surface area contributed by atoms with Crippen LogP contribution in [0.5, 0.6) is 5.75 Å². The molecule has 2 N–H and O–H groups in total. The molecule has 0 bridgehead atoms. The normalized spacial score (nSPS) is 11.5. The highest BCUT2D eigenvalue weighted by molar-refractivity contribution is 6.05. The van der Waals surface area contributed by atoms with Crippen molar-refractivity contribution in [2.45, 2.75) is 32.8 Å². The molecule has 144 valence electrons. The van der Waals surface area contributed by atoms with Crippen LogP contribution < -0.4 is 15.4 Å². The summed E-state index contributed by atoms with van der Waals surface area (Å²) in [6.07, 6.45) is 1.42. The van der Waals surface area contributed by atoms with Crippen LogP contribution >= 0.6 is 0 Å². The molecule has 0 heterocycles. The third kappa shape index (κ3) is 6.11. The zero-order valence-electron chi connectivity index (χ0n) is 16.0. The summed E-state index contributed by atoms with van der Waals surface area (Å²) in [6.45, 7) is 4.35. The highest BCUT2D eigenvalue weighted by Gasteiger charge is 2.14. The minimum absolute atomic E-state index is 0.211. The van der Waals surface area contributed by atoms with Gasteiger partial charge in [0.05, 0.1) is 12.8 Å². The number of nitrogens with one attached hydrogen (secondary N) is 2. The average molecular weight is 370 g/mol. The molecular weight excluding hydrogens is 344 g/mol. The number of hydrogen-bond donors (Lipinski definition) is 2. The molecule has 2 aromatic rings. The Bertz CT molecular complexity index is 759. The van der Waals surface area contributed by atoms with Gasteiger partial charge in [0, 0.05) is 17.9 Å². The lowest BCUT2D eigenvalue weighted by atomic mass is 10.2. The maximum absolute atomic E-state index is 12.4. The molecule has 0 aliphatic heterocycles. The number of anilines is 2. The van der Waals surface area contributed by atoms with E-state index in [0.717, 1.165) is 12.8 Å². The Morgan fingerprint density at radius 1 is 1.04 bits per heavy atom. The zero-order chi connectivity index (χ0) is 19.6. The fourth-order valence-corrected chi connectivity index (χ4v) is 2.37. The SMILES string of the molecule is CCCCOC(C)C(=O)Nc1ccc(C(=O)Nc2ccccc2OC)cc1. The summed E-state index contributed by atoms with van der Waals surface area (Å²) in [4.78, 5) is 24.5. The van der Waals surface area contributed by atoms with Crippen molar-refractivity contribution >= 4 is 23.2 Å². The molecule has 0 spiro atoms. The second-order valence-corrected chi connectivity index (χ2v) is 6.09. The molecule has 0 aliphatic rings. The van der Waals surface area contributed by atoms with Crippen LogP contribution in [-0.2, 0) is 9.53 Å². The molecule has 0 saturated heterocycles. The molecule has 2 aromatic carbocycles. The lowest BCUT2D eigenvalue weighted by Gasteiger charge is -2.13. The lowest BCUT2D eigenvalue weighted by Crippen LogP contribution is -2.28. The fraction of sp³-hybridized carbons (Fsp3) is 0.333. The first-order valence-corrected chi connectivity index (χ1v) is 9.02. The largest absolute Gasteiger partial charge is 0.495 e. The quantitative estimate of drug-likeness (QED) is 0.652. The summed E-state index contributed by atoms with van der Waals surface area (Å²) in [6, 6.07) is 13.9. The number of benzene rings is 2. The maximum Gasteiger partial charge on any atom is 0.255 e. The van der Waals surface area contributed by atoms with E-state index in [-0.39, 0.29) is 11.8 Å². The van der Waals surface area contributed by atoms with E-state index >= 15 is 0 Å².